The fourth-order valence-electron chi connectivity index (χ4n) is 4.56. The molecule has 1 aromatic carbocycles. The van der Waals surface area contributed by atoms with E-state index in [0.29, 0.717) is 24.5 Å². The van der Waals surface area contributed by atoms with Gasteiger partial charge in [0.2, 0.25) is 12.8 Å². The highest BCUT2D eigenvalue weighted by molar-refractivity contribution is 6.30. The van der Waals surface area contributed by atoms with Crippen molar-refractivity contribution in [3.63, 3.8) is 0 Å². The number of hydrogen-bond acceptors (Lipinski definition) is 5. The maximum Gasteiger partial charge on any atom is 0.522 e. The van der Waals surface area contributed by atoms with E-state index in [4.69, 9.17) is 21.1 Å². The van der Waals surface area contributed by atoms with Crippen molar-refractivity contribution < 1.29 is 37.0 Å². The van der Waals surface area contributed by atoms with Crippen LogP contribution < -0.4 is 15.4 Å². The van der Waals surface area contributed by atoms with Crippen molar-refractivity contribution in [2.45, 2.75) is 82.2 Å². The van der Waals surface area contributed by atoms with Crippen molar-refractivity contribution in [2.24, 2.45) is 5.92 Å². The molecule has 11 heteroatoms. The van der Waals surface area contributed by atoms with Gasteiger partial charge in [0.05, 0.1) is 31.0 Å². The lowest BCUT2D eigenvalue weighted by Crippen LogP contribution is -2.46. The molecule has 3 fully saturated rings. The normalized spacial score (nSPS) is 30.7. The molecule has 3 aliphatic heterocycles. The fourth-order valence-corrected chi connectivity index (χ4v) is 4.75. The highest BCUT2D eigenvalue weighted by Crippen LogP contribution is 2.38. The van der Waals surface area contributed by atoms with E-state index in [0.717, 1.165) is 49.5 Å². The summed E-state index contributed by atoms with van der Waals surface area (Å²) >= 11 is 5.82. The third-order valence-electron chi connectivity index (χ3n) is 6.37. The van der Waals surface area contributed by atoms with E-state index < -0.39 is 12.5 Å². The molecular formula is C23H30ClF3N2O5. The quantitative estimate of drug-likeness (QED) is 0.594. The molecule has 1 aromatic rings. The zero-order chi connectivity index (χ0) is 24.7. The van der Waals surface area contributed by atoms with Crippen LogP contribution in [0.4, 0.5) is 13.2 Å². The summed E-state index contributed by atoms with van der Waals surface area (Å²) in [5.74, 6) is 1.69. The summed E-state index contributed by atoms with van der Waals surface area (Å²) in [6.07, 6.45) is 1.38. The maximum atomic E-state index is 11.5. The number of carbonyl (C=O) groups is 2. The maximum absolute atomic E-state index is 11.5. The average Bonchev–Trinajstić information content (AvgIpc) is 3.32. The summed E-state index contributed by atoms with van der Waals surface area (Å²) in [7, 11) is 0. The summed E-state index contributed by atoms with van der Waals surface area (Å²) in [5, 5.41) is 5.96. The number of amides is 2. The number of nitrogens with one attached hydrogen (secondary N) is 2. The number of halogens is 4. The van der Waals surface area contributed by atoms with Crippen LogP contribution in [0.25, 0.3) is 0 Å². The van der Waals surface area contributed by atoms with Gasteiger partial charge in [0, 0.05) is 11.1 Å². The van der Waals surface area contributed by atoms with Crippen LogP contribution in [-0.4, -0.2) is 56.2 Å². The molecular weight excluding hydrogens is 477 g/mol. The van der Waals surface area contributed by atoms with Crippen molar-refractivity contribution in [1.29, 1.82) is 0 Å². The average molecular weight is 507 g/mol. The van der Waals surface area contributed by atoms with Gasteiger partial charge in [-0.15, -0.1) is 13.2 Å². The Hall–Kier alpha value is -2.04. The van der Waals surface area contributed by atoms with Gasteiger partial charge in [-0.2, -0.15) is 0 Å². The topological polar surface area (TPSA) is 85.9 Å². The highest BCUT2D eigenvalue weighted by Gasteiger charge is 2.45. The Balaban J connectivity index is 0.000000143. The van der Waals surface area contributed by atoms with Crippen LogP contribution in [0, 0.1) is 5.92 Å². The summed E-state index contributed by atoms with van der Waals surface area (Å²) in [6.45, 7) is 3.05. The first-order valence-electron chi connectivity index (χ1n) is 11.4. The third-order valence-corrected chi connectivity index (χ3v) is 6.61. The summed E-state index contributed by atoms with van der Waals surface area (Å²) in [4.78, 5) is 20.0. The van der Waals surface area contributed by atoms with Crippen LogP contribution in [0.15, 0.2) is 18.2 Å². The molecule has 4 aliphatic rings. The van der Waals surface area contributed by atoms with Gasteiger partial charge in [0.25, 0.3) is 0 Å². The third kappa shape index (κ3) is 7.74. The number of rotatable bonds is 5. The number of aryl methyl sites for hydroxylation is 1. The molecule has 4 atom stereocenters. The van der Waals surface area contributed by atoms with Gasteiger partial charge in [-0.3, -0.25) is 14.3 Å². The monoisotopic (exact) mass is 506 g/mol. The standard InChI is InChI=1S/C9H9ClO.C8H13NO2.C6H8F3NO2/c10-8-3-4-9-7(6-8)2-1-5-11-9;1-5-2-8-6(9-4-10)3-7(5)11-8;7-6(8,9)12-5-1-4(2-5)10-3-11/h3-4,6H,1-2,5H2;4-8H,2-3H2,1H3,(H,9,10);3-5H,1-2H2,(H,10,11). The van der Waals surface area contributed by atoms with E-state index in [1.54, 1.807) is 0 Å². The molecule has 0 spiro atoms. The minimum absolute atomic E-state index is 0.158. The zero-order valence-corrected chi connectivity index (χ0v) is 19.6. The number of benzene rings is 1. The highest BCUT2D eigenvalue weighted by atomic mass is 35.5. The van der Waals surface area contributed by atoms with Crippen LogP contribution in [0.3, 0.4) is 0 Å². The Bertz CT molecular complexity index is 820. The Morgan fingerprint density at radius 2 is 1.82 bits per heavy atom. The molecule has 3 heterocycles. The predicted octanol–water partition coefficient (Wildman–Crippen LogP) is 3.76. The number of carbonyl (C=O) groups excluding carboxylic acids is 2. The van der Waals surface area contributed by atoms with E-state index in [2.05, 4.69) is 22.3 Å². The van der Waals surface area contributed by atoms with Crippen LogP contribution in [0.2, 0.25) is 5.02 Å². The predicted molar refractivity (Wildman–Crippen MR) is 118 cm³/mol. The molecule has 1 saturated carbocycles. The second-order valence-corrected chi connectivity index (χ2v) is 9.33. The SMILES string of the molecule is CC1CC2OC1CC2NC=O.Clc1ccc2c(c1)CCCO2.O=CNC1CC(OC(F)(F)F)C1. The van der Waals surface area contributed by atoms with Gasteiger partial charge in [-0.05, 0) is 68.2 Å². The lowest BCUT2D eigenvalue weighted by atomic mass is 9.87. The van der Waals surface area contributed by atoms with Gasteiger partial charge < -0.3 is 20.1 Å². The first-order chi connectivity index (χ1) is 16.2. The molecule has 2 N–H and O–H groups in total. The zero-order valence-electron chi connectivity index (χ0n) is 18.9. The first-order valence-corrected chi connectivity index (χ1v) is 11.8. The lowest BCUT2D eigenvalue weighted by Gasteiger charge is -2.34. The second-order valence-electron chi connectivity index (χ2n) is 8.90. The lowest BCUT2D eigenvalue weighted by molar-refractivity contribution is -0.351. The van der Waals surface area contributed by atoms with Gasteiger partial charge in [-0.25, -0.2) is 0 Å². The molecule has 0 radical (unpaired) electrons. The molecule has 4 unspecified atom stereocenters. The molecule has 0 aromatic heterocycles. The molecule has 190 valence electrons. The van der Waals surface area contributed by atoms with E-state index in [1.807, 2.05) is 18.2 Å². The molecule has 34 heavy (non-hydrogen) atoms. The summed E-state index contributed by atoms with van der Waals surface area (Å²) in [5.41, 5.74) is 1.24. The molecule has 1 aliphatic carbocycles. The summed E-state index contributed by atoms with van der Waals surface area (Å²) < 4.78 is 49.3. The number of alkyl halides is 3. The van der Waals surface area contributed by atoms with Gasteiger partial charge in [0.1, 0.15) is 5.75 Å². The van der Waals surface area contributed by atoms with Crippen molar-refractivity contribution in [1.82, 2.24) is 10.6 Å². The molecule has 2 amide bonds. The second kappa shape index (κ2) is 12.1. The van der Waals surface area contributed by atoms with Crippen LogP contribution >= 0.6 is 11.6 Å². The summed E-state index contributed by atoms with van der Waals surface area (Å²) in [6, 6.07) is 5.92. The Morgan fingerprint density at radius 3 is 2.41 bits per heavy atom. The smallest absolute Gasteiger partial charge is 0.493 e. The number of hydrogen-bond donors (Lipinski definition) is 2. The van der Waals surface area contributed by atoms with Gasteiger partial charge in [0.15, 0.2) is 0 Å². The molecule has 7 nitrogen and oxygen atoms in total. The Labute approximate surface area is 201 Å². The molecule has 5 rings (SSSR count). The minimum atomic E-state index is -4.56. The van der Waals surface area contributed by atoms with Crippen molar-refractivity contribution >= 4 is 24.4 Å². The fraction of sp³-hybridized carbons (Fsp3) is 0.652. The number of ether oxygens (including phenoxy) is 3. The molecule has 2 saturated heterocycles. The van der Waals surface area contributed by atoms with E-state index in [-0.39, 0.29) is 24.9 Å². The van der Waals surface area contributed by atoms with Gasteiger partial charge >= 0.3 is 6.36 Å². The largest absolute Gasteiger partial charge is 0.522 e. The van der Waals surface area contributed by atoms with Gasteiger partial charge in [-0.1, -0.05) is 18.5 Å². The van der Waals surface area contributed by atoms with Crippen molar-refractivity contribution in [2.75, 3.05) is 6.61 Å². The Morgan fingerprint density at radius 1 is 1.09 bits per heavy atom. The van der Waals surface area contributed by atoms with E-state index in [1.165, 1.54) is 5.56 Å². The van der Waals surface area contributed by atoms with E-state index >= 15 is 0 Å². The van der Waals surface area contributed by atoms with Crippen molar-refractivity contribution in [3.05, 3.63) is 28.8 Å². The Kier molecular flexibility index (Phi) is 9.44. The van der Waals surface area contributed by atoms with Crippen LogP contribution in [0.5, 0.6) is 5.75 Å². The van der Waals surface area contributed by atoms with E-state index in [9.17, 15) is 22.8 Å². The van der Waals surface area contributed by atoms with Crippen molar-refractivity contribution in [3.8, 4) is 5.75 Å². The minimum Gasteiger partial charge on any atom is -0.493 e. The molecule has 2 bridgehead atoms. The van der Waals surface area contributed by atoms with Crippen LogP contribution in [0.1, 0.15) is 44.6 Å². The number of fused-ring (bicyclic) bond motifs is 3. The first kappa shape index (κ1) is 26.6. The van der Waals surface area contributed by atoms with Crippen LogP contribution in [-0.2, 0) is 25.5 Å².